The van der Waals surface area contributed by atoms with E-state index in [0.717, 1.165) is 26.2 Å². The maximum absolute atomic E-state index is 10.7. The molecule has 0 saturated carbocycles. The first-order valence-electron chi connectivity index (χ1n) is 9.42. The highest BCUT2D eigenvalue weighted by Gasteiger charge is 2.18. The van der Waals surface area contributed by atoms with Crippen LogP contribution in [0.4, 0.5) is 0 Å². The van der Waals surface area contributed by atoms with Crippen molar-refractivity contribution in [1.82, 2.24) is 10.2 Å². The summed E-state index contributed by atoms with van der Waals surface area (Å²) in [5.41, 5.74) is 0. The summed E-state index contributed by atoms with van der Waals surface area (Å²) in [6, 6.07) is 0.537. The Labute approximate surface area is 143 Å². The van der Waals surface area contributed by atoms with Crippen molar-refractivity contribution in [3.8, 4) is 0 Å². The molecule has 1 saturated heterocycles. The second-order valence-electron chi connectivity index (χ2n) is 6.85. The van der Waals surface area contributed by atoms with Gasteiger partial charge in [0.15, 0.2) is 0 Å². The maximum atomic E-state index is 10.7. The van der Waals surface area contributed by atoms with Crippen molar-refractivity contribution in [3.63, 3.8) is 0 Å². The van der Waals surface area contributed by atoms with E-state index in [9.17, 15) is 8.42 Å². The molecule has 1 unspecified atom stereocenters. The van der Waals surface area contributed by atoms with Gasteiger partial charge in [0.05, 0.1) is 5.75 Å². The number of nitrogens with one attached hydrogen (secondary N) is 1. The van der Waals surface area contributed by atoms with E-state index < -0.39 is 10.1 Å². The van der Waals surface area contributed by atoms with Gasteiger partial charge in [-0.05, 0) is 19.4 Å². The highest BCUT2D eigenvalue weighted by atomic mass is 32.2. The molecule has 1 heterocycles. The molecule has 0 aromatic carbocycles. The van der Waals surface area contributed by atoms with Crippen molar-refractivity contribution < 1.29 is 13.0 Å². The third-order valence-electron chi connectivity index (χ3n) is 4.62. The fourth-order valence-electron chi connectivity index (χ4n) is 3.29. The minimum Gasteiger partial charge on any atom is -0.311 e. The Balaban J connectivity index is 2.02. The molecule has 1 aliphatic rings. The fraction of sp³-hybridized carbons (Fsp3) is 1.00. The van der Waals surface area contributed by atoms with Crippen LogP contribution in [0.3, 0.4) is 0 Å². The van der Waals surface area contributed by atoms with Crippen molar-refractivity contribution in [2.75, 3.05) is 31.9 Å². The molecule has 0 bridgehead atoms. The number of rotatable bonds is 13. The summed E-state index contributed by atoms with van der Waals surface area (Å²) in [6.45, 7) is 5.97. The van der Waals surface area contributed by atoms with Crippen LogP contribution in [0.25, 0.3) is 0 Å². The molecule has 1 aliphatic heterocycles. The van der Waals surface area contributed by atoms with Gasteiger partial charge in [-0.25, -0.2) is 0 Å². The first-order chi connectivity index (χ1) is 11.0. The van der Waals surface area contributed by atoms with E-state index in [4.69, 9.17) is 4.55 Å². The predicted octanol–water partition coefficient (Wildman–Crippen LogP) is 3.07. The molecule has 5 nitrogen and oxygen atoms in total. The summed E-state index contributed by atoms with van der Waals surface area (Å²) in [7, 11) is -3.81. The zero-order valence-electron chi connectivity index (χ0n) is 14.8. The number of hydrogen-bond donors (Lipinski definition) is 2. The molecule has 138 valence electrons. The zero-order chi connectivity index (χ0) is 17.0. The lowest BCUT2D eigenvalue weighted by Gasteiger charge is -2.33. The van der Waals surface area contributed by atoms with Crippen molar-refractivity contribution in [2.45, 2.75) is 77.2 Å². The van der Waals surface area contributed by atoms with Gasteiger partial charge >= 0.3 is 0 Å². The Kier molecular flexibility index (Phi) is 11.1. The number of nitrogens with zero attached hydrogens (tertiary/aromatic N) is 1. The monoisotopic (exact) mass is 348 g/mol. The predicted molar refractivity (Wildman–Crippen MR) is 96.5 cm³/mol. The van der Waals surface area contributed by atoms with Crippen LogP contribution in [0.15, 0.2) is 0 Å². The lowest BCUT2D eigenvalue weighted by molar-refractivity contribution is 0.193. The van der Waals surface area contributed by atoms with Gasteiger partial charge in [0.1, 0.15) is 0 Å². The molecule has 0 radical (unpaired) electrons. The molecule has 0 aromatic heterocycles. The molecule has 23 heavy (non-hydrogen) atoms. The van der Waals surface area contributed by atoms with Crippen LogP contribution < -0.4 is 5.32 Å². The van der Waals surface area contributed by atoms with Crippen LogP contribution in [0.5, 0.6) is 0 Å². The summed E-state index contributed by atoms with van der Waals surface area (Å²) in [5.74, 6) is -0.125. The molecule has 0 spiro atoms. The second-order valence-corrected chi connectivity index (χ2v) is 8.43. The largest absolute Gasteiger partial charge is 0.311 e. The highest BCUT2D eigenvalue weighted by Crippen LogP contribution is 2.12. The fourth-order valence-corrected chi connectivity index (χ4v) is 3.78. The van der Waals surface area contributed by atoms with E-state index in [1.54, 1.807) is 0 Å². The molecular formula is C17H36N2O3S. The SMILES string of the molecule is CCCCCCCCCCC1CN(CCCS(=O)(=O)O)CCN1. The van der Waals surface area contributed by atoms with Gasteiger partial charge in [0, 0.05) is 25.7 Å². The van der Waals surface area contributed by atoms with Crippen molar-refractivity contribution in [3.05, 3.63) is 0 Å². The molecule has 0 aromatic rings. The van der Waals surface area contributed by atoms with E-state index in [2.05, 4.69) is 17.1 Å². The van der Waals surface area contributed by atoms with Crippen molar-refractivity contribution >= 4 is 10.1 Å². The highest BCUT2D eigenvalue weighted by molar-refractivity contribution is 7.85. The zero-order valence-corrected chi connectivity index (χ0v) is 15.6. The average Bonchev–Trinajstić information content (AvgIpc) is 2.49. The van der Waals surface area contributed by atoms with E-state index >= 15 is 0 Å². The van der Waals surface area contributed by atoms with Gasteiger partial charge in [0.25, 0.3) is 10.1 Å². The lowest BCUT2D eigenvalue weighted by atomic mass is 10.0. The van der Waals surface area contributed by atoms with Crippen molar-refractivity contribution in [2.24, 2.45) is 0 Å². The summed E-state index contributed by atoms with van der Waals surface area (Å²) >= 11 is 0. The minimum atomic E-state index is -3.81. The Morgan fingerprint density at radius 1 is 1.04 bits per heavy atom. The molecule has 1 atom stereocenters. The van der Waals surface area contributed by atoms with Gasteiger partial charge in [-0.2, -0.15) is 8.42 Å². The third-order valence-corrected chi connectivity index (χ3v) is 5.43. The quantitative estimate of drug-likeness (QED) is 0.395. The van der Waals surface area contributed by atoms with Crippen LogP contribution in [0.2, 0.25) is 0 Å². The molecule has 0 aliphatic carbocycles. The van der Waals surface area contributed by atoms with E-state index in [1.165, 1.54) is 57.8 Å². The lowest BCUT2D eigenvalue weighted by Crippen LogP contribution is -2.50. The normalized spacial score (nSPS) is 20.0. The minimum absolute atomic E-state index is 0.125. The molecule has 6 heteroatoms. The summed E-state index contributed by atoms with van der Waals surface area (Å²) in [6.07, 6.45) is 12.5. The number of hydrogen-bond acceptors (Lipinski definition) is 4. The molecule has 1 fully saturated rings. The summed E-state index contributed by atoms with van der Waals surface area (Å²) < 4.78 is 30.3. The van der Waals surface area contributed by atoms with Gasteiger partial charge < -0.3 is 10.2 Å². The van der Waals surface area contributed by atoms with Crippen LogP contribution in [0, 0.1) is 0 Å². The first kappa shape index (κ1) is 20.9. The van der Waals surface area contributed by atoms with Gasteiger partial charge in [-0.3, -0.25) is 4.55 Å². The smallest absolute Gasteiger partial charge is 0.264 e. The Bertz CT molecular complexity index is 387. The Morgan fingerprint density at radius 3 is 2.35 bits per heavy atom. The molecule has 0 amide bonds. The molecule has 2 N–H and O–H groups in total. The van der Waals surface area contributed by atoms with Crippen LogP contribution in [-0.2, 0) is 10.1 Å². The Morgan fingerprint density at radius 2 is 1.70 bits per heavy atom. The standard InChI is InChI=1S/C17H36N2O3S/c1-2-3-4-5-6-7-8-9-11-17-16-19(14-12-18-17)13-10-15-23(20,21)22/h17-18H,2-16H2,1H3,(H,20,21,22). The first-order valence-corrected chi connectivity index (χ1v) is 11.0. The summed E-state index contributed by atoms with van der Waals surface area (Å²) in [5, 5.41) is 3.57. The van der Waals surface area contributed by atoms with Crippen LogP contribution in [0.1, 0.15) is 71.1 Å². The van der Waals surface area contributed by atoms with Gasteiger partial charge in [-0.15, -0.1) is 0 Å². The molecular weight excluding hydrogens is 312 g/mol. The third kappa shape index (κ3) is 11.9. The van der Waals surface area contributed by atoms with Crippen LogP contribution in [-0.4, -0.2) is 55.8 Å². The average molecular weight is 349 g/mol. The second kappa shape index (κ2) is 12.2. The Hall–Kier alpha value is -0.170. The maximum Gasteiger partial charge on any atom is 0.264 e. The van der Waals surface area contributed by atoms with E-state index in [-0.39, 0.29) is 5.75 Å². The topological polar surface area (TPSA) is 69.6 Å². The number of piperazine rings is 1. The number of unbranched alkanes of at least 4 members (excludes halogenated alkanes) is 7. The summed E-state index contributed by atoms with van der Waals surface area (Å²) in [4.78, 5) is 2.32. The van der Waals surface area contributed by atoms with Crippen molar-refractivity contribution in [1.29, 1.82) is 0 Å². The van der Waals surface area contributed by atoms with Gasteiger partial charge in [0.2, 0.25) is 0 Å². The van der Waals surface area contributed by atoms with Crippen LogP contribution >= 0.6 is 0 Å². The molecule has 1 rings (SSSR count). The van der Waals surface area contributed by atoms with Gasteiger partial charge in [-0.1, -0.05) is 58.3 Å². The van der Waals surface area contributed by atoms with E-state index in [0.29, 0.717) is 12.5 Å². The van der Waals surface area contributed by atoms with E-state index in [1.807, 2.05) is 0 Å².